The molecule has 10 heteroatoms. The van der Waals surface area contributed by atoms with Gasteiger partial charge in [0.15, 0.2) is 0 Å². The smallest absolute Gasteiger partial charge is 0.269 e. The van der Waals surface area contributed by atoms with Crippen molar-refractivity contribution in [3.05, 3.63) is 88.1 Å². The fourth-order valence-electron chi connectivity index (χ4n) is 6.59. The highest BCUT2D eigenvalue weighted by molar-refractivity contribution is 7.89. The van der Waals surface area contributed by atoms with Crippen LogP contribution in [0.2, 0.25) is 0 Å². The Morgan fingerprint density at radius 3 is 2.58 bits per heavy atom. The minimum absolute atomic E-state index is 0.0382. The Morgan fingerprint density at radius 2 is 1.92 bits per heavy atom. The maximum absolute atomic E-state index is 15.7. The zero-order chi connectivity index (χ0) is 27.3. The Bertz CT molecular complexity index is 1440. The van der Waals surface area contributed by atoms with Gasteiger partial charge in [-0.1, -0.05) is 24.3 Å². The van der Waals surface area contributed by atoms with Crippen molar-refractivity contribution in [3.8, 4) is 0 Å². The molecule has 2 heterocycles. The van der Waals surface area contributed by atoms with Crippen LogP contribution in [-0.2, 0) is 28.5 Å². The van der Waals surface area contributed by atoms with Crippen molar-refractivity contribution in [3.63, 3.8) is 0 Å². The molecule has 38 heavy (non-hydrogen) atoms. The summed E-state index contributed by atoms with van der Waals surface area (Å²) in [6.45, 7) is 3.22. The molecule has 1 aliphatic heterocycles. The van der Waals surface area contributed by atoms with Crippen LogP contribution >= 0.6 is 0 Å². The normalized spacial score (nSPS) is 32.7. The van der Waals surface area contributed by atoms with E-state index in [2.05, 4.69) is 4.98 Å². The van der Waals surface area contributed by atoms with Gasteiger partial charge in [0, 0.05) is 42.5 Å². The summed E-state index contributed by atoms with van der Waals surface area (Å²) in [5.41, 5.74) is -2.41. The lowest BCUT2D eigenvalue weighted by Gasteiger charge is -2.52. The molecule has 1 N–H and O–H groups in total. The average molecular weight is 546 g/mol. The van der Waals surface area contributed by atoms with Crippen LogP contribution in [0, 0.1) is 17.6 Å². The standard InChI is InChI=1S/C28H33F2N3O4S/c1-19-8-9-25(20-6-4-3-5-7-20)38(36,37)33(19)15-21-12-24(30)22(13-23(21)29)28(16-27(2,35)17-28)18-32-11-10-31-14-26(32)34/h3-6,10-14,19-20,25,35H,7-9,15-18H2,1-2H3/t19-,20?,25+,27?,28?/m0/s1. The van der Waals surface area contributed by atoms with Crippen molar-refractivity contribution < 1.29 is 22.3 Å². The zero-order valence-electron chi connectivity index (χ0n) is 21.6. The summed E-state index contributed by atoms with van der Waals surface area (Å²) in [4.78, 5) is 16.1. The third kappa shape index (κ3) is 4.89. The molecule has 2 fully saturated rings. The van der Waals surface area contributed by atoms with Crippen LogP contribution < -0.4 is 5.56 Å². The number of aromatic nitrogens is 2. The molecule has 1 aromatic carbocycles. The zero-order valence-corrected chi connectivity index (χ0v) is 22.4. The average Bonchev–Trinajstić information content (AvgIpc) is 2.84. The number of rotatable bonds is 6. The molecule has 3 atom stereocenters. The molecule has 0 spiro atoms. The highest BCUT2D eigenvalue weighted by Crippen LogP contribution is 2.52. The fourth-order valence-corrected chi connectivity index (χ4v) is 8.94. The van der Waals surface area contributed by atoms with Crippen LogP contribution in [0.3, 0.4) is 0 Å². The van der Waals surface area contributed by atoms with Crippen molar-refractivity contribution in [2.75, 3.05) is 0 Å². The van der Waals surface area contributed by atoms with E-state index in [4.69, 9.17) is 0 Å². The molecule has 3 aliphatic rings. The number of aliphatic hydroxyl groups is 1. The number of hydrogen-bond donors (Lipinski definition) is 1. The van der Waals surface area contributed by atoms with Gasteiger partial charge in [-0.3, -0.25) is 9.78 Å². The van der Waals surface area contributed by atoms with Crippen LogP contribution in [0.15, 0.2) is 59.8 Å². The van der Waals surface area contributed by atoms with Gasteiger partial charge in [0.25, 0.3) is 5.56 Å². The van der Waals surface area contributed by atoms with E-state index in [1.165, 1.54) is 21.3 Å². The first kappa shape index (κ1) is 26.9. The van der Waals surface area contributed by atoms with Gasteiger partial charge in [-0.2, -0.15) is 4.31 Å². The summed E-state index contributed by atoms with van der Waals surface area (Å²) < 4.78 is 61.1. The van der Waals surface area contributed by atoms with E-state index in [1.807, 2.05) is 24.3 Å². The second-order valence-corrected chi connectivity index (χ2v) is 13.5. The van der Waals surface area contributed by atoms with Crippen LogP contribution in [0.1, 0.15) is 57.1 Å². The molecule has 1 saturated heterocycles. The van der Waals surface area contributed by atoms with Crippen molar-refractivity contribution in [1.82, 2.24) is 13.9 Å². The molecule has 5 rings (SSSR count). The van der Waals surface area contributed by atoms with Crippen molar-refractivity contribution in [2.24, 2.45) is 5.92 Å². The minimum atomic E-state index is -3.75. The molecule has 0 amide bonds. The molecule has 1 unspecified atom stereocenters. The van der Waals surface area contributed by atoms with E-state index < -0.39 is 37.9 Å². The monoisotopic (exact) mass is 545 g/mol. The first-order valence-electron chi connectivity index (χ1n) is 13.0. The molecule has 1 saturated carbocycles. The molecule has 7 nitrogen and oxygen atoms in total. The molecule has 2 aromatic rings. The summed E-state index contributed by atoms with van der Waals surface area (Å²) in [6.07, 6.45) is 13.8. The van der Waals surface area contributed by atoms with E-state index >= 15 is 8.78 Å². The molecule has 1 aromatic heterocycles. The summed E-state index contributed by atoms with van der Waals surface area (Å²) in [5, 5.41) is 9.90. The second-order valence-electron chi connectivity index (χ2n) is 11.4. The molecule has 0 radical (unpaired) electrons. The largest absolute Gasteiger partial charge is 0.390 e. The first-order valence-corrected chi connectivity index (χ1v) is 14.5. The van der Waals surface area contributed by atoms with E-state index in [1.54, 1.807) is 13.8 Å². The SMILES string of the molecule is C[C@H]1CC[C@H](C2C=CC=CC2)S(=O)(=O)N1Cc1cc(F)c(C2(Cn3ccncc3=O)CC(C)(O)C2)cc1F. The third-order valence-corrected chi connectivity index (χ3v) is 10.8. The summed E-state index contributed by atoms with van der Waals surface area (Å²) in [5.74, 6) is -1.54. The Morgan fingerprint density at radius 1 is 1.16 bits per heavy atom. The lowest BCUT2D eigenvalue weighted by atomic mass is 9.56. The number of halogens is 2. The van der Waals surface area contributed by atoms with Crippen molar-refractivity contribution in [2.45, 2.75) is 81.3 Å². The van der Waals surface area contributed by atoms with Gasteiger partial charge in [0.1, 0.15) is 11.6 Å². The Kier molecular flexibility index (Phi) is 6.94. The molecule has 204 valence electrons. The predicted octanol–water partition coefficient (Wildman–Crippen LogP) is 3.82. The topological polar surface area (TPSA) is 92.5 Å². The highest BCUT2D eigenvalue weighted by Gasteiger charge is 2.53. The Hall–Kier alpha value is -2.69. The quantitative estimate of drug-likeness (QED) is 0.596. The van der Waals surface area contributed by atoms with Gasteiger partial charge in [-0.15, -0.1) is 0 Å². The van der Waals surface area contributed by atoms with Gasteiger partial charge < -0.3 is 9.67 Å². The number of sulfonamides is 1. The molecular weight excluding hydrogens is 512 g/mol. The first-order chi connectivity index (χ1) is 17.9. The Balaban J connectivity index is 1.45. The van der Waals surface area contributed by atoms with Crippen LogP contribution in [0.4, 0.5) is 8.78 Å². The van der Waals surface area contributed by atoms with Gasteiger partial charge in [0.05, 0.1) is 17.0 Å². The molecule has 2 aliphatic carbocycles. The van der Waals surface area contributed by atoms with Gasteiger partial charge in [-0.05, 0) is 69.6 Å². The number of nitrogens with zero attached hydrogens (tertiary/aromatic N) is 3. The second kappa shape index (κ2) is 9.81. The van der Waals surface area contributed by atoms with Gasteiger partial charge in [-0.25, -0.2) is 17.2 Å². The number of benzene rings is 1. The molecule has 0 bridgehead atoms. The maximum atomic E-state index is 15.7. The predicted molar refractivity (Wildman–Crippen MR) is 140 cm³/mol. The van der Waals surface area contributed by atoms with Crippen LogP contribution in [0.5, 0.6) is 0 Å². The highest BCUT2D eigenvalue weighted by atomic mass is 32.2. The van der Waals surface area contributed by atoms with Gasteiger partial charge >= 0.3 is 0 Å². The maximum Gasteiger partial charge on any atom is 0.269 e. The summed E-state index contributed by atoms with van der Waals surface area (Å²) in [6, 6.07) is 1.84. The fraction of sp³-hybridized carbons (Fsp3) is 0.500. The van der Waals surface area contributed by atoms with Crippen LogP contribution in [0.25, 0.3) is 0 Å². The van der Waals surface area contributed by atoms with Crippen molar-refractivity contribution >= 4 is 10.0 Å². The van der Waals surface area contributed by atoms with Gasteiger partial charge in [0.2, 0.25) is 10.0 Å². The lowest BCUT2D eigenvalue weighted by molar-refractivity contribution is -0.0835. The van der Waals surface area contributed by atoms with E-state index in [-0.39, 0.29) is 54.6 Å². The number of hydrogen-bond acceptors (Lipinski definition) is 5. The molecular formula is C28H33F2N3O4S. The Labute approximate surface area is 221 Å². The number of allylic oxidation sites excluding steroid dienone is 4. The van der Waals surface area contributed by atoms with E-state index in [0.717, 1.165) is 18.3 Å². The third-order valence-electron chi connectivity index (χ3n) is 8.31. The lowest BCUT2D eigenvalue weighted by Crippen LogP contribution is -2.56. The van der Waals surface area contributed by atoms with Crippen molar-refractivity contribution in [1.29, 1.82) is 0 Å². The summed E-state index contributed by atoms with van der Waals surface area (Å²) in [7, 11) is -3.75. The minimum Gasteiger partial charge on any atom is -0.390 e. The van der Waals surface area contributed by atoms with E-state index in [0.29, 0.717) is 19.3 Å². The summed E-state index contributed by atoms with van der Waals surface area (Å²) >= 11 is 0. The van der Waals surface area contributed by atoms with Crippen LogP contribution in [-0.4, -0.2) is 44.3 Å². The van der Waals surface area contributed by atoms with E-state index in [9.17, 15) is 18.3 Å².